The monoisotopic (exact) mass is 351 g/mol. The summed E-state index contributed by atoms with van der Waals surface area (Å²) >= 11 is 0. The lowest BCUT2D eigenvalue weighted by atomic mass is 10.2. The number of ether oxygens (including phenoxy) is 1. The Morgan fingerprint density at radius 2 is 1.65 bits per heavy atom. The van der Waals surface area contributed by atoms with Crippen LogP contribution in [0.5, 0.6) is 5.75 Å². The average Bonchev–Trinajstić information content (AvgIpc) is 2.90. The molecule has 1 fully saturated rings. The second-order valence-corrected chi connectivity index (χ2v) is 7.73. The molecule has 8 heteroatoms. The molecule has 23 heavy (non-hydrogen) atoms. The lowest BCUT2D eigenvalue weighted by molar-refractivity contribution is -0.274. The first-order valence-electron chi connectivity index (χ1n) is 7.50. The smallest absolute Gasteiger partial charge is 0.406 e. The van der Waals surface area contributed by atoms with E-state index < -0.39 is 22.1 Å². The molecule has 1 saturated carbocycles. The van der Waals surface area contributed by atoms with Gasteiger partial charge >= 0.3 is 6.36 Å². The third kappa shape index (κ3) is 4.38. The SMILES string of the molecule is CC(C)N(C1CCCC1)S(=O)(=O)c1ccc(OC(F)(F)F)cc1. The van der Waals surface area contributed by atoms with E-state index in [0.717, 1.165) is 49.9 Å². The van der Waals surface area contributed by atoms with Gasteiger partial charge in [-0.15, -0.1) is 13.2 Å². The molecule has 4 nitrogen and oxygen atoms in total. The van der Waals surface area contributed by atoms with Gasteiger partial charge in [-0.25, -0.2) is 8.42 Å². The number of hydrogen-bond acceptors (Lipinski definition) is 3. The molecule has 2 rings (SSSR count). The summed E-state index contributed by atoms with van der Waals surface area (Å²) in [7, 11) is -3.75. The normalized spacial score (nSPS) is 17.2. The fraction of sp³-hybridized carbons (Fsp3) is 0.600. The van der Waals surface area contributed by atoms with Crippen LogP contribution in [-0.2, 0) is 10.0 Å². The molecule has 0 bridgehead atoms. The van der Waals surface area contributed by atoms with Gasteiger partial charge in [0.1, 0.15) is 5.75 Å². The van der Waals surface area contributed by atoms with Crippen molar-refractivity contribution in [1.82, 2.24) is 4.31 Å². The van der Waals surface area contributed by atoms with E-state index in [4.69, 9.17) is 0 Å². The van der Waals surface area contributed by atoms with Crippen molar-refractivity contribution in [3.8, 4) is 5.75 Å². The fourth-order valence-electron chi connectivity index (χ4n) is 2.99. The van der Waals surface area contributed by atoms with Crippen LogP contribution in [0.15, 0.2) is 29.2 Å². The molecule has 1 aliphatic rings. The molecule has 0 amide bonds. The van der Waals surface area contributed by atoms with Crippen LogP contribution in [0.4, 0.5) is 13.2 Å². The first kappa shape index (κ1) is 18.1. The van der Waals surface area contributed by atoms with Gasteiger partial charge < -0.3 is 4.74 Å². The van der Waals surface area contributed by atoms with Crippen LogP contribution in [0.2, 0.25) is 0 Å². The van der Waals surface area contributed by atoms with Gasteiger partial charge in [-0.3, -0.25) is 0 Å². The van der Waals surface area contributed by atoms with Gasteiger partial charge in [-0.2, -0.15) is 4.31 Å². The Labute approximate surface area is 134 Å². The van der Waals surface area contributed by atoms with Gasteiger partial charge in [0.25, 0.3) is 0 Å². The summed E-state index contributed by atoms with van der Waals surface area (Å²) in [4.78, 5) is -0.0207. The summed E-state index contributed by atoms with van der Waals surface area (Å²) in [6.07, 6.45) is -1.20. The number of halogens is 3. The first-order chi connectivity index (χ1) is 10.6. The summed E-state index contributed by atoms with van der Waals surface area (Å²) in [5.74, 6) is -0.437. The van der Waals surface area contributed by atoms with E-state index in [0.29, 0.717) is 0 Å². The Kier molecular flexibility index (Phi) is 5.25. The standard InChI is InChI=1S/C15H20F3NO3S/c1-11(2)19(12-5-3-4-6-12)23(20,21)14-9-7-13(8-10-14)22-15(16,17)18/h7-12H,3-6H2,1-2H3. The van der Waals surface area contributed by atoms with Crippen molar-refractivity contribution < 1.29 is 26.3 Å². The van der Waals surface area contributed by atoms with Gasteiger partial charge in [0, 0.05) is 12.1 Å². The molecule has 0 unspecified atom stereocenters. The zero-order valence-corrected chi connectivity index (χ0v) is 13.8. The molecule has 0 heterocycles. The predicted molar refractivity (Wildman–Crippen MR) is 79.5 cm³/mol. The topological polar surface area (TPSA) is 46.6 Å². The Hall–Kier alpha value is -1.28. The van der Waals surface area contributed by atoms with Crippen molar-refractivity contribution in [2.75, 3.05) is 0 Å². The Bertz CT molecular complexity index is 620. The zero-order valence-electron chi connectivity index (χ0n) is 13.0. The highest BCUT2D eigenvalue weighted by molar-refractivity contribution is 7.89. The van der Waals surface area contributed by atoms with Gasteiger partial charge in [-0.05, 0) is 51.0 Å². The quantitative estimate of drug-likeness (QED) is 0.808. The van der Waals surface area contributed by atoms with Crippen LogP contribution in [0.1, 0.15) is 39.5 Å². The molecule has 0 atom stereocenters. The third-order valence-electron chi connectivity index (χ3n) is 3.83. The summed E-state index contributed by atoms with van der Waals surface area (Å²) in [6.45, 7) is 3.61. The maximum Gasteiger partial charge on any atom is 0.573 e. The molecule has 0 saturated heterocycles. The van der Waals surface area contributed by atoms with E-state index in [2.05, 4.69) is 4.74 Å². The summed E-state index contributed by atoms with van der Waals surface area (Å²) < 4.78 is 67.4. The summed E-state index contributed by atoms with van der Waals surface area (Å²) in [5.41, 5.74) is 0. The van der Waals surface area contributed by atoms with Crippen molar-refractivity contribution in [2.24, 2.45) is 0 Å². The lowest BCUT2D eigenvalue weighted by Gasteiger charge is -2.31. The van der Waals surface area contributed by atoms with Crippen molar-refractivity contribution in [1.29, 1.82) is 0 Å². The van der Waals surface area contributed by atoms with E-state index in [-0.39, 0.29) is 17.0 Å². The number of sulfonamides is 1. The van der Waals surface area contributed by atoms with Gasteiger partial charge in [0.05, 0.1) is 4.90 Å². The Morgan fingerprint density at radius 3 is 2.09 bits per heavy atom. The van der Waals surface area contributed by atoms with Crippen LogP contribution < -0.4 is 4.74 Å². The highest BCUT2D eigenvalue weighted by atomic mass is 32.2. The average molecular weight is 351 g/mol. The molecule has 1 aromatic rings. The van der Waals surface area contributed by atoms with Gasteiger partial charge in [0.15, 0.2) is 0 Å². The van der Waals surface area contributed by atoms with E-state index in [9.17, 15) is 21.6 Å². The number of rotatable bonds is 5. The van der Waals surface area contributed by atoms with Crippen molar-refractivity contribution in [2.45, 2.75) is 62.9 Å². The fourth-order valence-corrected chi connectivity index (χ4v) is 4.87. The Morgan fingerprint density at radius 1 is 1.13 bits per heavy atom. The van der Waals surface area contributed by atoms with Crippen molar-refractivity contribution in [3.63, 3.8) is 0 Å². The van der Waals surface area contributed by atoms with Crippen molar-refractivity contribution in [3.05, 3.63) is 24.3 Å². The molecule has 0 aliphatic heterocycles. The van der Waals surface area contributed by atoms with E-state index in [1.807, 2.05) is 0 Å². The predicted octanol–water partition coefficient (Wildman–Crippen LogP) is 3.93. The van der Waals surface area contributed by atoms with Crippen LogP contribution in [0, 0.1) is 0 Å². The number of nitrogens with zero attached hydrogens (tertiary/aromatic N) is 1. The Balaban J connectivity index is 2.27. The molecule has 0 spiro atoms. The number of benzene rings is 1. The van der Waals surface area contributed by atoms with E-state index in [1.165, 1.54) is 4.31 Å². The highest BCUT2D eigenvalue weighted by Gasteiger charge is 2.35. The minimum absolute atomic E-state index is 0.0207. The maximum atomic E-state index is 12.8. The van der Waals surface area contributed by atoms with Gasteiger partial charge in [-0.1, -0.05) is 12.8 Å². The lowest BCUT2D eigenvalue weighted by Crippen LogP contribution is -2.43. The third-order valence-corrected chi connectivity index (χ3v) is 5.97. The van der Waals surface area contributed by atoms with Crippen LogP contribution in [-0.4, -0.2) is 31.2 Å². The largest absolute Gasteiger partial charge is 0.573 e. The second kappa shape index (κ2) is 6.68. The number of hydrogen-bond donors (Lipinski definition) is 0. The molecule has 0 aromatic heterocycles. The molecule has 0 N–H and O–H groups in total. The zero-order chi connectivity index (χ0) is 17.3. The van der Waals surface area contributed by atoms with Crippen LogP contribution in [0.3, 0.4) is 0 Å². The van der Waals surface area contributed by atoms with Gasteiger partial charge in [0.2, 0.25) is 10.0 Å². The summed E-state index contributed by atoms with van der Waals surface area (Å²) in [6, 6.07) is 4.09. The van der Waals surface area contributed by atoms with Crippen LogP contribution in [0.25, 0.3) is 0 Å². The first-order valence-corrected chi connectivity index (χ1v) is 8.94. The van der Waals surface area contributed by atoms with Crippen LogP contribution >= 0.6 is 0 Å². The highest BCUT2D eigenvalue weighted by Crippen LogP contribution is 2.31. The minimum Gasteiger partial charge on any atom is -0.406 e. The molecule has 0 radical (unpaired) electrons. The maximum absolute atomic E-state index is 12.8. The molecule has 1 aliphatic carbocycles. The van der Waals surface area contributed by atoms with E-state index in [1.54, 1.807) is 13.8 Å². The minimum atomic E-state index is -4.80. The summed E-state index contributed by atoms with van der Waals surface area (Å²) in [5, 5.41) is 0. The van der Waals surface area contributed by atoms with Crippen molar-refractivity contribution >= 4 is 10.0 Å². The molecule has 130 valence electrons. The number of alkyl halides is 3. The molecular weight excluding hydrogens is 331 g/mol. The van der Waals surface area contributed by atoms with E-state index >= 15 is 0 Å². The second-order valence-electron chi connectivity index (χ2n) is 5.89. The molecular formula is C15H20F3NO3S. The molecule has 1 aromatic carbocycles.